The topological polar surface area (TPSA) is 46.3 Å². The van der Waals surface area contributed by atoms with Gasteiger partial charge in [0.25, 0.3) is 0 Å². The predicted molar refractivity (Wildman–Crippen MR) is 65.1 cm³/mol. The molecule has 1 aliphatic rings. The maximum absolute atomic E-state index is 12.9. The van der Waals surface area contributed by atoms with E-state index in [-0.39, 0.29) is 11.7 Å². The molecule has 0 bridgehead atoms. The van der Waals surface area contributed by atoms with Crippen molar-refractivity contribution in [1.82, 2.24) is 0 Å². The van der Waals surface area contributed by atoms with Gasteiger partial charge in [-0.25, -0.2) is 4.39 Å². The summed E-state index contributed by atoms with van der Waals surface area (Å²) in [6.45, 7) is 1.23. The van der Waals surface area contributed by atoms with E-state index in [1.165, 1.54) is 12.1 Å². The molecule has 0 aliphatic carbocycles. The Bertz CT molecular complexity index is 391. The van der Waals surface area contributed by atoms with Crippen LogP contribution in [0.5, 0.6) is 0 Å². The fraction of sp³-hybridized carbons (Fsp3) is 0.462. The Morgan fingerprint density at radius 3 is 2.71 bits per heavy atom. The molecule has 2 N–H and O–H groups in total. The second-order valence-electron chi connectivity index (χ2n) is 4.47. The molecule has 1 fully saturated rings. The van der Waals surface area contributed by atoms with Crippen molar-refractivity contribution in [1.29, 1.82) is 0 Å². The van der Waals surface area contributed by atoms with Crippen molar-refractivity contribution in [2.75, 3.05) is 18.0 Å². The number of hydrogen-bond acceptors (Lipinski definition) is 2. The summed E-state index contributed by atoms with van der Waals surface area (Å²) in [4.78, 5) is 13.7. The molecule has 1 aromatic carbocycles. The minimum absolute atomic E-state index is 0.104. The van der Waals surface area contributed by atoms with Crippen LogP contribution in [0, 0.1) is 11.7 Å². The summed E-state index contributed by atoms with van der Waals surface area (Å²) >= 11 is 0. The molecule has 1 amide bonds. The first-order valence-corrected chi connectivity index (χ1v) is 5.96. The van der Waals surface area contributed by atoms with Crippen molar-refractivity contribution in [3.8, 4) is 0 Å². The minimum atomic E-state index is -0.286. The van der Waals surface area contributed by atoms with Crippen LogP contribution in [0.3, 0.4) is 0 Å². The lowest BCUT2D eigenvalue weighted by atomic mass is 10.0. The van der Waals surface area contributed by atoms with Gasteiger partial charge < -0.3 is 10.6 Å². The summed E-state index contributed by atoms with van der Waals surface area (Å²) in [6, 6.07) is 6.05. The first kappa shape index (κ1) is 12.0. The van der Waals surface area contributed by atoms with Crippen LogP contribution in [0.4, 0.5) is 10.1 Å². The van der Waals surface area contributed by atoms with Gasteiger partial charge in [0, 0.05) is 18.7 Å². The average molecular weight is 236 g/mol. The maximum atomic E-state index is 12.9. The molecular formula is C13H17FN2O. The zero-order valence-electron chi connectivity index (χ0n) is 9.73. The smallest absolute Gasteiger partial charge is 0.226 e. The summed E-state index contributed by atoms with van der Waals surface area (Å²) in [5.74, 6) is 0.158. The van der Waals surface area contributed by atoms with Crippen molar-refractivity contribution in [3.63, 3.8) is 0 Å². The SMILES string of the molecule is NCC1CCCC(=O)N(c2ccc(F)cc2)C1. The van der Waals surface area contributed by atoms with Gasteiger partial charge in [-0.1, -0.05) is 0 Å². The number of benzene rings is 1. The second kappa shape index (κ2) is 5.27. The van der Waals surface area contributed by atoms with Gasteiger partial charge in [-0.2, -0.15) is 0 Å². The Hall–Kier alpha value is -1.42. The summed E-state index contributed by atoms with van der Waals surface area (Å²) < 4.78 is 12.9. The molecule has 1 saturated heterocycles. The summed E-state index contributed by atoms with van der Waals surface area (Å²) in [5.41, 5.74) is 6.45. The van der Waals surface area contributed by atoms with E-state index in [0.29, 0.717) is 25.4 Å². The van der Waals surface area contributed by atoms with Gasteiger partial charge in [0.1, 0.15) is 5.82 Å². The highest BCUT2D eigenvalue weighted by atomic mass is 19.1. The van der Waals surface area contributed by atoms with Gasteiger partial charge in [-0.15, -0.1) is 0 Å². The Labute approximate surface area is 100 Å². The first-order chi connectivity index (χ1) is 8.20. The van der Waals surface area contributed by atoms with E-state index < -0.39 is 0 Å². The number of hydrogen-bond donors (Lipinski definition) is 1. The average Bonchev–Trinajstić information content (AvgIpc) is 2.52. The van der Waals surface area contributed by atoms with Crippen LogP contribution in [0.15, 0.2) is 24.3 Å². The van der Waals surface area contributed by atoms with E-state index in [1.54, 1.807) is 17.0 Å². The molecule has 2 rings (SSSR count). The largest absolute Gasteiger partial charge is 0.330 e. The minimum Gasteiger partial charge on any atom is -0.330 e. The van der Waals surface area contributed by atoms with Crippen molar-refractivity contribution < 1.29 is 9.18 Å². The van der Waals surface area contributed by atoms with Crippen molar-refractivity contribution in [2.45, 2.75) is 19.3 Å². The van der Waals surface area contributed by atoms with E-state index in [1.807, 2.05) is 0 Å². The van der Waals surface area contributed by atoms with E-state index in [9.17, 15) is 9.18 Å². The van der Waals surface area contributed by atoms with Gasteiger partial charge in [-0.3, -0.25) is 4.79 Å². The number of nitrogens with two attached hydrogens (primary N) is 1. The number of rotatable bonds is 2. The fourth-order valence-corrected chi connectivity index (χ4v) is 2.19. The standard InChI is InChI=1S/C13H17FN2O/c14-11-4-6-12(7-5-11)16-9-10(8-15)2-1-3-13(16)17/h4-7,10H,1-3,8-9,15H2. The summed E-state index contributed by atoms with van der Waals surface area (Å²) in [7, 11) is 0. The lowest BCUT2D eigenvalue weighted by molar-refractivity contribution is -0.118. The van der Waals surface area contributed by atoms with Crippen molar-refractivity contribution in [2.24, 2.45) is 11.7 Å². The molecule has 0 spiro atoms. The molecule has 3 nitrogen and oxygen atoms in total. The zero-order chi connectivity index (χ0) is 12.3. The Balaban J connectivity index is 2.21. The molecule has 92 valence electrons. The first-order valence-electron chi connectivity index (χ1n) is 5.96. The third kappa shape index (κ3) is 2.82. The monoisotopic (exact) mass is 236 g/mol. The van der Waals surface area contributed by atoms with Crippen LogP contribution in [-0.4, -0.2) is 19.0 Å². The third-order valence-corrected chi connectivity index (χ3v) is 3.22. The predicted octanol–water partition coefficient (Wildman–Crippen LogP) is 1.92. The van der Waals surface area contributed by atoms with Gasteiger partial charge in [0.2, 0.25) is 5.91 Å². The molecule has 1 aliphatic heterocycles. The molecule has 1 atom stereocenters. The van der Waals surface area contributed by atoms with E-state index in [2.05, 4.69) is 0 Å². The summed E-state index contributed by atoms with van der Waals surface area (Å²) in [5, 5.41) is 0. The molecule has 1 unspecified atom stereocenters. The molecule has 0 radical (unpaired) electrons. The maximum Gasteiger partial charge on any atom is 0.226 e. The normalized spacial score (nSPS) is 21.4. The Morgan fingerprint density at radius 1 is 1.35 bits per heavy atom. The van der Waals surface area contributed by atoms with Gasteiger partial charge in [-0.05, 0) is 49.6 Å². The number of carbonyl (C=O) groups excluding carboxylic acids is 1. The molecular weight excluding hydrogens is 219 g/mol. The van der Waals surface area contributed by atoms with E-state index >= 15 is 0 Å². The van der Waals surface area contributed by atoms with Crippen LogP contribution >= 0.6 is 0 Å². The van der Waals surface area contributed by atoms with E-state index in [4.69, 9.17) is 5.73 Å². The molecule has 0 saturated carbocycles. The van der Waals surface area contributed by atoms with Crippen LogP contribution in [0.2, 0.25) is 0 Å². The zero-order valence-corrected chi connectivity index (χ0v) is 9.73. The highest BCUT2D eigenvalue weighted by molar-refractivity contribution is 5.93. The Kier molecular flexibility index (Phi) is 3.74. The van der Waals surface area contributed by atoms with Crippen LogP contribution in [0.1, 0.15) is 19.3 Å². The van der Waals surface area contributed by atoms with Crippen LogP contribution in [-0.2, 0) is 4.79 Å². The van der Waals surface area contributed by atoms with E-state index in [0.717, 1.165) is 18.5 Å². The third-order valence-electron chi connectivity index (χ3n) is 3.22. The fourth-order valence-electron chi connectivity index (χ4n) is 2.19. The highest BCUT2D eigenvalue weighted by Crippen LogP contribution is 2.23. The van der Waals surface area contributed by atoms with Gasteiger partial charge in [0.15, 0.2) is 0 Å². The Morgan fingerprint density at radius 2 is 2.06 bits per heavy atom. The molecule has 17 heavy (non-hydrogen) atoms. The number of nitrogens with zero attached hydrogens (tertiary/aromatic N) is 1. The van der Waals surface area contributed by atoms with Crippen molar-refractivity contribution in [3.05, 3.63) is 30.1 Å². The van der Waals surface area contributed by atoms with Crippen LogP contribution < -0.4 is 10.6 Å². The van der Waals surface area contributed by atoms with Crippen LogP contribution in [0.25, 0.3) is 0 Å². The number of anilines is 1. The molecule has 1 aromatic rings. The highest BCUT2D eigenvalue weighted by Gasteiger charge is 2.23. The number of carbonyl (C=O) groups is 1. The molecule has 4 heteroatoms. The number of amides is 1. The van der Waals surface area contributed by atoms with Gasteiger partial charge >= 0.3 is 0 Å². The molecule has 1 heterocycles. The second-order valence-corrected chi connectivity index (χ2v) is 4.47. The number of halogens is 1. The molecule has 0 aromatic heterocycles. The van der Waals surface area contributed by atoms with Gasteiger partial charge in [0.05, 0.1) is 0 Å². The lowest BCUT2D eigenvalue weighted by Gasteiger charge is -2.24. The summed E-state index contributed by atoms with van der Waals surface area (Å²) in [6.07, 6.45) is 2.42. The lowest BCUT2D eigenvalue weighted by Crippen LogP contribution is -2.35. The van der Waals surface area contributed by atoms with Crippen molar-refractivity contribution >= 4 is 11.6 Å². The quantitative estimate of drug-likeness (QED) is 0.852.